The minimum atomic E-state index is -1.31. The van der Waals surface area contributed by atoms with Crippen molar-refractivity contribution in [1.29, 1.82) is 0 Å². The molecule has 0 aliphatic rings. The molecule has 0 radical (unpaired) electrons. The average Bonchev–Trinajstić information content (AvgIpc) is 2.56. The fraction of sp³-hybridized carbons (Fsp3) is 0.250. The Balaban J connectivity index is 2.80. The second-order valence-corrected chi connectivity index (χ2v) is 4.07. The van der Waals surface area contributed by atoms with E-state index in [1.165, 1.54) is 11.7 Å². The van der Waals surface area contributed by atoms with Gasteiger partial charge in [-0.1, -0.05) is 6.92 Å². The van der Waals surface area contributed by atoms with Gasteiger partial charge in [0.25, 0.3) is 5.56 Å². The minimum absolute atomic E-state index is 0.0332. The van der Waals surface area contributed by atoms with Crippen molar-refractivity contribution in [2.75, 3.05) is 5.73 Å². The predicted molar refractivity (Wildman–Crippen MR) is 64.7 cm³/mol. The van der Waals surface area contributed by atoms with Crippen LogP contribution >= 0.6 is 0 Å². The van der Waals surface area contributed by atoms with Crippen LogP contribution in [0.1, 0.15) is 12.6 Å². The van der Waals surface area contributed by atoms with Crippen LogP contribution in [0.15, 0.2) is 16.9 Å². The van der Waals surface area contributed by atoms with E-state index in [1.807, 2.05) is 0 Å². The predicted octanol–water partition coefficient (Wildman–Crippen LogP) is 1.74. The van der Waals surface area contributed by atoms with Crippen molar-refractivity contribution in [1.82, 2.24) is 9.36 Å². The molecule has 0 bridgehead atoms. The zero-order valence-electron chi connectivity index (χ0n) is 10.4. The molecule has 7 heteroatoms. The summed E-state index contributed by atoms with van der Waals surface area (Å²) in [6, 6.07) is 1.02. The first-order valence-corrected chi connectivity index (χ1v) is 5.59. The van der Waals surface area contributed by atoms with Crippen LogP contribution in [-0.2, 0) is 13.5 Å². The first-order chi connectivity index (χ1) is 8.88. The zero-order chi connectivity index (χ0) is 14.3. The van der Waals surface area contributed by atoms with Crippen LogP contribution in [0.3, 0.4) is 0 Å². The highest BCUT2D eigenvalue weighted by molar-refractivity contribution is 5.46. The molecule has 0 unspecified atom stereocenters. The van der Waals surface area contributed by atoms with Crippen molar-refractivity contribution in [3.8, 4) is 5.69 Å². The van der Waals surface area contributed by atoms with E-state index in [1.54, 1.807) is 6.92 Å². The lowest BCUT2D eigenvalue weighted by Gasteiger charge is -2.10. The molecule has 0 saturated heterocycles. The van der Waals surface area contributed by atoms with Gasteiger partial charge in [0.15, 0.2) is 17.5 Å². The highest BCUT2D eigenvalue weighted by Gasteiger charge is 2.19. The van der Waals surface area contributed by atoms with E-state index >= 15 is 0 Å². The summed E-state index contributed by atoms with van der Waals surface area (Å²) in [5.41, 5.74) is 5.05. The number of nitrogen functional groups attached to an aromatic ring is 1. The third kappa shape index (κ3) is 1.91. The van der Waals surface area contributed by atoms with E-state index in [9.17, 15) is 18.0 Å². The van der Waals surface area contributed by atoms with Crippen LogP contribution in [-0.4, -0.2) is 9.36 Å². The van der Waals surface area contributed by atoms with Gasteiger partial charge in [0.1, 0.15) is 11.4 Å². The summed E-state index contributed by atoms with van der Waals surface area (Å²) in [4.78, 5) is 12.0. The Kier molecular flexibility index (Phi) is 3.13. The number of anilines is 1. The Labute approximate surface area is 106 Å². The molecule has 0 aliphatic carbocycles. The van der Waals surface area contributed by atoms with Crippen molar-refractivity contribution in [3.63, 3.8) is 0 Å². The maximum Gasteiger partial charge on any atom is 0.294 e. The number of nitrogens with zero attached hydrogens (tertiary/aromatic N) is 2. The number of hydrogen-bond acceptors (Lipinski definition) is 2. The SMILES string of the molecule is CCc1c(N)c(=O)n(-c2cc(F)c(F)cc2F)n1C. The molecular formula is C12H12F3N3O. The highest BCUT2D eigenvalue weighted by atomic mass is 19.2. The topological polar surface area (TPSA) is 53.0 Å². The van der Waals surface area contributed by atoms with Gasteiger partial charge in [-0.2, -0.15) is 0 Å². The van der Waals surface area contributed by atoms with Crippen LogP contribution in [0.2, 0.25) is 0 Å². The Morgan fingerprint density at radius 3 is 2.26 bits per heavy atom. The number of benzene rings is 1. The molecule has 0 saturated carbocycles. The maximum absolute atomic E-state index is 13.7. The standard InChI is InChI=1S/C12H12F3N3O/c1-3-9-11(16)12(19)18(17(9)2)10-5-7(14)6(13)4-8(10)15/h4-5H,3,16H2,1-2H3. The van der Waals surface area contributed by atoms with Gasteiger partial charge >= 0.3 is 0 Å². The molecule has 0 amide bonds. The van der Waals surface area contributed by atoms with Gasteiger partial charge in [0.05, 0.1) is 5.69 Å². The summed E-state index contributed by atoms with van der Waals surface area (Å²) in [6.07, 6.45) is 0.454. The van der Waals surface area contributed by atoms with Crippen molar-refractivity contribution in [3.05, 3.63) is 45.6 Å². The van der Waals surface area contributed by atoms with E-state index in [2.05, 4.69) is 0 Å². The van der Waals surface area contributed by atoms with Crippen molar-refractivity contribution >= 4 is 5.69 Å². The summed E-state index contributed by atoms with van der Waals surface area (Å²) in [5.74, 6) is -3.59. The van der Waals surface area contributed by atoms with Crippen molar-refractivity contribution in [2.24, 2.45) is 7.05 Å². The number of nitrogens with two attached hydrogens (primary N) is 1. The van der Waals surface area contributed by atoms with Crippen LogP contribution < -0.4 is 11.3 Å². The van der Waals surface area contributed by atoms with Gasteiger partial charge in [-0.05, 0) is 6.42 Å². The van der Waals surface area contributed by atoms with Crippen LogP contribution in [0, 0.1) is 17.5 Å². The molecule has 1 aromatic carbocycles. The molecule has 2 aromatic rings. The lowest BCUT2D eigenvalue weighted by atomic mass is 10.3. The summed E-state index contributed by atoms with van der Waals surface area (Å²) in [5, 5.41) is 0. The monoisotopic (exact) mass is 271 g/mol. The van der Waals surface area contributed by atoms with E-state index in [0.29, 0.717) is 24.2 Å². The third-order valence-electron chi connectivity index (χ3n) is 2.98. The number of hydrogen-bond donors (Lipinski definition) is 1. The van der Waals surface area contributed by atoms with Gasteiger partial charge < -0.3 is 5.73 Å². The van der Waals surface area contributed by atoms with Crippen molar-refractivity contribution in [2.45, 2.75) is 13.3 Å². The molecule has 4 nitrogen and oxygen atoms in total. The molecule has 1 heterocycles. The summed E-state index contributed by atoms with van der Waals surface area (Å²) in [7, 11) is 1.50. The number of aromatic nitrogens is 2. The molecule has 2 N–H and O–H groups in total. The fourth-order valence-corrected chi connectivity index (χ4v) is 2.03. The molecule has 0 fully saturated rings. The average molecular weight is 271 g/mol. The van der Waals surface area contributed by atoms with Crippen LogP contribution in [0.25, 0.3) is 5.69 Å². The molecule has 102 valence electrons. The molecule has 1 aromatic heterocycles. The van der Waals surface area contributed by atoms with Crippen LogP contribution in [0.4, 0.5) is 18.9 Å². The molecule has 0 aliphatic heterocycles. The largest absolute Gasteiger partial charge is 0.393 e. The van der Waals surface area contributed by atoms with E-state index in [-0.39, 0.29) is 11.4 Å². The normalized spacial score (nSPS) is 11.0. The Morgan fingerprint density at radius 1 is 1.16 bits per heavy atom. The smallest absolute Gasteiger partial charge is 0.294 e. The quantitative estimate of drug-likeness (QED) is 0.846. The Morgan fingerprint density at radius 2 is 1.74 bits per heavy atom. The van der Waals surface area contributed by atoms with Gasteiger partial charge in [0, 0.05) is 19.2 Å². The lowest BCUT2D eigenvalue weighted by Crippen LogP contribution is -2.22. The summed E-state index contributed by atoms with van der Waals surface area (Å²) >= 11 is 0. The third-order valence-corrected chi connectivity index (χ3v) is 2.98. The summed E-state index contributed by atoms with van der Waals surface area (Å²) in [6.45, 7) is 1.77. The van der Waals surface area contributed by atoms with E-state index < -0.39 is 23.0 Å². The fourth-order valence-electron chi connectivity index (χ4n) is 2.03. The molecular weight excluding hydrogens is 259 g/mol. The van der Waals surface area contributed by atoms with Gasteiger partial charge in [-0.3, -0.25) is 9.48 Å². The van der Waals surface area contributed by atoms with E-state index in [0.717, 1.165) is 4.68 Å². The van der Waals surface area contributed by atoms with Crippen LogP contribution in [0.5, 0.6) is 0 Å². The maximum atomic E-state index is 13.7. The first-order valence-electron chi connectivity index (χ1n) is 5.59. The minimum Gasteiger partial charge on any atom is -0.393 e. The summed E-state index contributed by atoms with van der Waals surface area (Å²) < 4.78 is 42.0. The van der Waals surface area contributed by atoms with E-state index in [4.69, 9.17) is 5.73 Å². The Bertz CT molecular complexity index is 703. The van der Waals surface area contributed by atoms with Gasteiger partial charge in [-0.15, -0.1) is 0 Å². The molecule has 0 spiro atoms. The second kappa shape index (κ2) is 4.49. The van der Waals surface area contributed by atoms with Crippen molar-refractivity contribution < 1.29 is 13.2 Å². The molecule has 19 heavy (non-hydrogen) atoms. The van der Waals surface area contributed by atoms with Gasteiger partial charge in [0.2, 0.25) is 0 Å². The number of rotatable bonds is 2. The Hall–Kier alpha value is -2.18. The highest BCUT2D eigenvalue weighted by Crippen LogP contribution is 2.19. The van der Waals surface area contributed by atoms with Gasteiger partial charge in [-0.25, -0.2) is 17.9 Å². The molecule has 0 atom stereocenters. The number of halogens is 3. The lowest BCUT2D eigenvalue weighted by molar-refractivity contribution is 0.486. The first kappa shape index (κ1) is 13.3. The zero-order valence-corrected chi connectivity index (χ0v) is 10.4. The molecule has 2 rings (SSSR count). The second-order valence-electron chi connectivity index (χ2n) is 4.07.